The van der Waals surface area contributed by atoms with Crippen molar-refractivity contribution < 1.29 is 54.5 Å². The minimum Gasteiger partial charge on any atom is -1.00 e. The number of halogens is 2. The number of urea groups is 1. The second kappa shape index (κ2) is 9.21. The Morgan fingerprint density at radius 1 is 1.24 bits per heavy atom. The third-order valence-electron chi connectivity index (χ3n) is 2.83. The fourth-order valence-corrected chi connectivity index (χ4v) is 1.84. The standard InChI is InChI=1S/C15H12F2N4O3.Na.H/c1-8(13-12(14(22)23)3-2-4-18-13)20-21-15(24)19-11-6-9(16)5-10(17)7-11;;/h2-7H,1H3,(H,22,23)(H2,19,21,24);;/q;+1;-1. The van der Waals surface area contributed by atoms with E-state index in [2.05, 4.69) is 20.8 Å². The molecule has 126 valence electrons. The molecule has 0 radical (unpaired) electrons. The van der Waals surface area contributed by atoms with Crippen LogP contribution in [0, 0.1) is 11.6 Å². The van der Waals surface area contributed by atoms with Gasteiger partial charge in [-0.1, -0.05) is 0 Å². The maximum absolute atomic E-state index is 13.0. The Hall–Kier alpha value is -2.36. The van der Waals surface area contributed by atoms with Crippen molar-refractivity contribution in [3.05, 3.63) is 59.4 Å². The van der Waals surface area contributed by atoms with E-state index in [1.807, 2.05) is 0 Å². The average molecular weight is 358 g/mol. The van der Waals surface area contributed by atoms with Crippen LogP contribution in [0.5, 0.6) is 0 Å². The van der Waals surface area contributed by atoms with Gasteiger partial charge in [-0.05, 0) is 31.2 Å². The molecular formula is C15H13F2N4NaO3. The van der Waals surface area contributed by atoms with Crippen molar-refractivity contribution in [2.75, 3.05) is 5.32 Å². The summed E-state index contributed by atoms with van der Waals surface area (Å²) < 4.78 is 26.1. The normalized spacial score (nSPS) is 10.6. The predicted octanol–water partition coefficient (Wildman–Crippen LogP) is -0.280. The number of hydrogen-bond acceptors (Lipinski definition) is 4. The number of carboxylic acids is 1. The summed E-state index contributed by atoms with van der Waals surface area (Å²) in [6, 6.07) is 4.48. The van der Waals surface area contributed by atoms with Crippen LogP contribution in [0.4, 0.5) is 19.3 Å². The number of nitrogens with one attached hydrogen (secondary N) is 2. The average Bonchev–Trinajstić information content (AvgIpc) is 2.51. The zero-order valence-electron chi connectivity index (χ0n) is 14.4. The number of hydrogen-bond donors (Lipinski definition) is 3. The minimum absolute atomic E-state index is 0. The number of benzene rings is 1. The van der Waals surface area contributed by atoms with E-state index in [9.17, 15) is 18.4 Å². The fourth-order valence-electron chi connectivity index (χ4n) is 1.84. The third kappa shape index (κ3) is 5.89. The van der Waals surface area contributed by atoms with Gasteiger partial charge in [0.05, 0.1) is 11.3 Å². The van der Waals surface area contributed by atoms with Gasteiger partial charge in [0.1, 0.15) is 17.3 Å². The molecule has 2 aromatic rings. The van der Waals surface area contributed by atoms with Crippen molar-refractivity contribution in [2.24, 2.45) is 5.10 Å². The van der Waals surface area contributed by atoms with E-state index in [4.69, 9.17) is 5.11 Å². The van der Waals surface area contributed by atoms with Crippen molar-refractivity contribution in [1.82, 2.24) is 10.4 Å². The molecule has 25 heavy (non-hydrogen) atoms. The van der Waals surface area contributed by atoms with Gasteiger partial charge in [-0.15, -0.1) is 0 Å². The summed E-state index contributed by atoms with van der Waals surface area (Å²) in [4.78, 5) is 26.7. The topological polar surface area (TPSA) is 104 Å². The van der Waals surface area contributed by atoms with Gasteiger partial charge in [-0.3, -0.25) is 4.98 Å². The number of carboxylic acid groups (broad SMARTS) is 1. The summed E-state index contributed by atoms with van der Waals surface area (Å²) in [7, 11) is 0. The molecule has 0 fully saturated rings. The van der Waals surface area contributed by atoms with Crippen LogP contribution in [0.2, 0.25) is 0 Å². The van der Waals surface area contributed by atoms with E-state index in [0.717, 1.165) is 12.1 Å². The van der Waals surface area contributed by atoms with E-state index in [1.54, 1.807) is 0 Å². The van der Waals surface area contributed by atoms with Gasteiger partial charge in [0.25, 0.3) is 0 Å². The molecule has 7 nitrogen and oxygen atoms in total. The zero-order valence-corrected chi connectivity index (χ0v) is 15.4. The Kier molecular flexibility index (Phi) is 7.62. The first-order valence-corrected chi connectivity index (χ1v) is 6.63. The number of nitrogens with zero attached hydrogens (tertiary/aromatic N) is 2. The van der Waals surface area contributed by atoms with Gasteiger partial charge in [0.15, 0.2) is 0 Å². The van der Waals surface area contributed by atoms with E-state index in [1.165, 1.54) is 25.3 Å². The second-order valence-electron chi connectivity index (χ2n) is 4.63. The van der Waals surface area contributed by atoms with Crippen LogP contribution in [0.3, 0.4) is 0 Å². The molecular weight excluding hydrogens is 345 g/mol. The van der Waals surface area contributed by atoms with Crippen molar-refractivity contribution in [2.45, 2.75) is 6.92 Å². The van der Waals surface area contributed by atoms with Gasteiger partial charge in [0, 0.05) is 18.0 Å². The van der Waals surface area contributed by atoms with E-state index >= 15 is 0 Å². The number of aromatic nitrogens is 1. The first-order valence-electron chi connectivity index (χ1n) is 6.63. The number of carbonyl (C=O) groups is 2. The second-order valence-corrected chi connectivity index (χ2v) is 4.63. The molecule has 0 saturated heterocycles. The summed E-state index contributed by atoms with van der Waals surface area (Å²) in [5, 5.41) is 15.0. The van der Waals surface area contributed by atoms with Gasteiger partial charge in [0.2, 0.25) is 0 Å². The van der Waals surface area contributed by atoms with E-state index in [-0.39, 0.29) is 53.6 Å². The molecule has 0 atom stereocenters. The molecule has 1 aromatic carbocycles. The van der Waals surface area contributed by atoms with Crippen LogP contribution in [-0.4, -0.2) is 27.8 Å². The maximum atomic E-state index is 13.0. The molecule has 2 rings (SSSR count). The van der Waals surface area contributed by atoms with Gasteiger partial charge >= 0.3 is 41.6 Å². The molecule has 2 amide bonds. The summed E-state index contributed by atoms with van der Waals surface area (Å²) in [6.07, 6.45) is 1.39. The SMILES string of the molecule is CC(=NNC(=O)Nc1cc(F)cc(F)c1)c1ncccc1C(=O)O.[H-].[Na+]. The van der Waals surface area contributed by atoms with Gasteiger partial charge in [-0.25, -0.2) is 23.8 Å². The Labute approximate surface area is 164 Å². The van der Waals surface area contributed by atoms with Gasteiger partial charge < -0.3 is 11.8 Å². The smallest absolute Gasteiger partial charge is 1.00 e. The summed E-state index contributed by atoms with van der Waals surface area (Å²) >= 11 is 0. The molecule has 0 aliphatic rings. The van der Waals surface area contributed by atoms with Crippen LogP contribution < -0.4 is 40.3 Å². The van der Waals surface area contributed by atoms with Crippen molar-refractivity contribution in [3.63, 3.8) is 0 Å². The molecule has 0 bridgehead atoms. The van der Waals surface area contributed by atoms with Crippen molar-refractivity contribution >= 4 is 23.4 Å². The monoisotopic (exact) mass is 358 g/mol. The summed E-state index contributed by atoms with van der Waals surface area (Å²) in [5.74, 6) is -2.87. The first-order chi connectivity index (χ1) is 11.4. The quantitative estimate of drug-likeness (QED) is 0.397. The van der Waals surface area contributed by atoms with Crippen LogP contribution in [0.1, 0.15) is 24.4 Å². The van der Waals surface area contributed by atoms with Crippen LogP contribution in [0.15, 0.2) is 41.6 Å². The molecule has 0 spiro atoms. The van der Waals surface area contributed by atoms with E-state index in [0.29, 0.717) is 6.07 Å². The predicted molar refractivity (Wildman–Crippen MR) is 83.0 cm³/mol. The number of carbonyl (C=O) groups excluding carboxylic acids is 1. The molecule has 1 heterocycles. The number of aromatic carboxylic acids is 1. The first kappa shape index (κ1) is 20.7. The van der Waals surface area contributed by atoms with E-state index < -0.39 is 23.6 Å². The summed E-state index contributed by atoms with van der Waals surface area (Å²) in [5.41, 5.74) is 2.16. The minimum atomic E-state index is -1.19. The Morgan fingerprint density at radius 2 is 1.88 bits per heavy atom. The van der Waals surface area contributed by atoms with Crippen LogP contribution in [0.25, 0.3) is 0 Å². The largest absolute Gasteiger partial charge is 1.00 e. The number of anilines is 1. The number of hydrazone groups is 1. The molecule has 0 saturated carbocycles. The molecule has 0 unspecified atom stereocenters. The fraction of sp³-hybridized carbons (Fsp3) is 0.0667. The summed E-state index contributed by atoms with van der Waals surface area (Å²) in [6.45, 7) is 1.46. The molecule has 0 aliphatic heterocycles. The van der Waals surface area contributed by atoms with Crippen LogP contribution in [-0.2, 0) is 0 Å². The number of pyridine rings is 1. The van der Waals surface area contributed by atoms with Crippen molar-refractivity contribution in [3.8, 4) is 0 Å². The Balaban J connectivity index is 0.00000312. The third-order valence-corrected chi connectivity index (χ3v) is 2.83. The number of rotatable bonds is 4. The molecule has 3 N–H and O–H groups in total. The van der Waals surface area contributed by atoms with Gasteiger partial charge in [-0.2, -0.15) is 5.10 Å². The molecule has 10 heteroatoms. The van der Waals surface area contributed by atoms with Crippen molar-refractivity contribution in [1.29, 1.82) is 0 Å². The molecule has 1 aromatic heterocycles. The Morgan fingerprint density at radius 3 is 2.48 bits per heavy atom. The molecule has 0 aliphatic carbocycles. The zero-order chi connectivity index (χ0) is 17.7. The van der Waals surface area contributed by atoms with Crippen LogP contribution >= 0.6 is 0 Å². The maximum Gasteiger partial charge on any atom is 1.00 e. The number of amides is 2. The Bertz CT molecular complexity index is 816.